The number of hydrogen-bond donors (Lipinski definition) is 2. The molecule has 0 saturated carbocycles. The molecule has 0 fully saturated rings. The third-order valence-electron chi connectivity index (χ3n) is 3.19. The van der Waals surface area contributed by atoms with Gasteiger partial charge in [-0.2, -0.15) is 0 Å². The van der Waals surface area contributed by atoms with Gasteiger partial charge in [-0.15, -0.1) is 0 Å². The van der Waals surface area contributed by atoms with Crippen LogP contribution in [0.4, 0.5) is 14.9 Å². The predicted molar refractivity (Wildman–Crippen MR) is 78.2 cm³/mol. The van der Waals surface area contributed by atoms with Gasteiger partial charge < -0.3 is 10.6 Å². The first-order chi connectivity index (χ1) is 9.56. The first-order valence-corrected chi connectivity index (χ1v) is 6.42. The number of halogens is 1. The Labute approximate surface area is 117 Å². The van der Waals surface area contributed by atoms with Crippen molar-refractivity contribution in [2.24, 2.45) is 0 Å². The SMILES string of the molecule is Cc1cccc(NC(=O)NCc2cccc(F)c2)c1C. The molecular weight excluding hydrogens is 255 g/mol. The molecule has 2 amide bonds. The number of carbonyl (C=O) groups excluding carboxylic acids is 1. The highest BCUT2D eigenvalue weighted by Crippen LogP contribution is 2.17. The van der Waals surface area contributed by atoms with Gasteiger partial charge in [0, 0.05) is 12.2 Å². The zero-order valence-corrected chi connectivity index (χ0v) is 11.5. The average Bonchev–Trinajstić information content (AvgIpc) is 2.42. The van der Waals surface area contributed by atoms with Gasteiger partial charge >= 0.3 is 6.03 Å². The van der Waals surface area contributed by atoms with Gasteiger partial charge in [0.25, 0.3) is 0 Å². The van der Waals surface area contributed by atoms with E-state index < -0.39 is 0 Å². The van der Waals surface area contributed by atoms with Gasteiger partial charge in [-0.05, 0) is 48.7 Å². The molecule has 0 unspecified atom stereocenters. The highest BCUT2D eigenvalue weighted by Gasteiger charge is 2.05. The van der Waals surface area contributed by atoms with Crippen molar-refractivity contribution in [1.29, 1.82) is 0 Å². The van der Waals surface area contributed by atoms with Gasteiger partial charge in [-0.3, -0.25) is 0 Å². The van der Waals surface area contributed by atoms with Crippen LogP contribution in [-0.4, -0.2) is 6.03 Å². The fraction of sp³-hybridized carbons (Fsp3) is 0.188. The second kappa shape index (κ2) is 6.19. The van der Waals surface area contributed by atoms with E-state index in [0.29, 0.717) is 0 Å². The third kappa shape index (κ3) is 3.57. The lowest BCUT2D eigenvalue weighted by Crippen LogP contribution is -2.28. The summed E-state index contributed by atoms with van der Waals surface area (Å²) in [4.78, 5) is 11.8. The van der Waals surface area contributed by atoms with Crippen LogP contribution in [0.15, 0.2) is 42.5 Å². The molecule has 0 aliphatic heterocycles. The van der Waals surface area contributed by atoms with Crippen LogP contribution in [0.5, 0.6) is 0 Å². The molecule has 0 saturated heterocycles. The molecule has 104 valence electrons. The van der Waals surface area contributed by atoms with E-state index in [4.69, 9.17) is 0 Å². The molecule has 20 heavy (non-hydrogen) atoms. The second-order valence-electron chi connectivity index (χ2n) is 4.69. The zero-order valence-electron chi connectivity index (χ0n) is 11.5. The predicted octanol–water partition coefficient (Wildman–Crippen LogP) is 3.76. The van der Waals surface area contributed by atoms with Crippen LogP contribution in [0.3, 0.4) is 0 Å². The Bertz CT molecular complexity index is 626. The first-order valence-electron chi connectivity index (χ1n) is 6.42. The van der Waals surface area contributed by atoms with Crippen molar-refractivity contribution in [2.75, 3.05) is 5.32 Å². The Morgan fingerprint density at radius 2 is 1.90 bits per heavy atom. The van der Waals surface area contributed by atoms with Crippen molar-refractivity contribution in [2.45, 2.75) is 20.4 Å². The van der Waals surface area contributed by atoms with Crippen molar-refractivity contribution in [3.63, 3.8) is 0 Å². The van der Waals surface area contributed by atoms with E-state index in [1.165, 1.54) is 12.1 Å². The average molecular weight is 272 g/mol. The van der Waals surface area contributed by atoms with Gasteiger partial charge in [0.1, 0.15) is 5.82 Å². The molecule has 0 aromatic heterocycles. The van der Waals surface area contributed by atoms with Crippen molar-refractivity contribution >= 4 is 11.7 Å². The number of benzene rings is 2. The van der Waals surface area contributed by atoms with Crippen LogP contribution in [0.2, 0.25) is 0 Å². The number of rotatable bonds is 3. The summed E-state index contributed by atoms with van der Waals surface area (Å²) in [6.07, 6.45) is 0. The molecule has 0 heterocycles. The van der Waals surface area contributed by atoms with Crippen LogP contribution in [0.25, 0.3) is 0 Å². The van der Waals surface area contributed by atoms with E-state index in [0.717, 1.165) is 22.4 Å². The standard InChI is InChI=1S/C16H17FN2O/c1-11-5-3-8-15(12(11)2)19-16(20)18-10-13-6-4-7-14(17)9-13/h3-9H,10H2,1-2H3,(H2,18,19,20). The summed E-state index contributed by atoms with van der Waals surface area (Å²) in [5, 5.41) is 5.50. The van der Waals surface area contributed by atoms with Crippen LogP contribution in [0, 0.1) is 19.7 Å². The molecule has 0 aliphatic carbocycles. The molecule has 2 aromatic carbocycles. The summed E-state index contributed by atoms with van der Waals surface area (Å²) < 4.78 is 13.0. The molecule has 2 N–H and O–H groups in total. The van der Waals surface area contributed by atoms with Gasteiger partial charge in [0.2, 0.25) is 0 Å². The summed E-state index contributed by atoms with van der Waals surface area (Å²) >= 11 is 0. The molecule has 0 radical (unpaired) electrons. The van der Waals surface area contributed by atoms with Crippen LogP contribution >= 0.6 is 0 Å². The maximum Gasteiger partial charge on any atom is 0.319 e. The summed E-state index contributed by atoms with van der Waals surface area (Å²) in [7, 11) is 0. The maximum absolute atomic E-state index is 13.0. The van der Waals surface area contributed by atoms with E-state index >= 15 is 0 Å². The minimum absolute atomic E-state index is 0.286. The largest absolute Gasteiger partial charge is 0.334 e. The van der Waals surface area contributed by atoms with Crippen LogP contribution in [-0.2, 0) is 6.54 Å². The van der Waals surface area contributed by atoms with E-state index in [9.17, 15) is 9.18 Å². The number of carbonyl (C=O) groups is 1. The maximum atomic E-state index is 13.0. The molecule has 0 bridgehead atoms. The molecule has 0 aliphatic rings. The van der Waals surface area contributed by atoms with Crippen LogP contribution in [0.1, 0.15) is 16.7 Å². The number of nitrogens with one attached hydrogen (secondary N) is 2. The quantitative estimate of drug-likeness (QED) is 0.877. The lowest BCUT2D eigenvalue weighted by Gasteiger charge is -2.11. The summed E-state index contributed by atoms with van der Waals surface area (Å²) in [5.41, 5.74) is 3.66. The van der Waals surface area contributed by atoms with Gasteiger partial charge in [-0.1, -0.05) is 24.3 Å². The molecule has 0 spiro atoms. The van der Waals surface area contributed by atoms with E-state index in [1.54, 1.807) is 12.1 Å². The Hall–Kier alpha value is -2.36. The normalized spacial score (nSPS) is 10.2. The van der Waals surface area contributed by atoms with E-state index in [1.807, 2.05) is 32.0 Å². The van der Waals surface area contributed by atoms with E-state index in [-0.39, 0.29) is 18.4 Å². The minimum atomic E-state index is -0.306. The molecule has 3 nitrogen and oxygen atoms in total. The Morgan fingerprint density at radius 3 is 2.65 bits per heavy atom. The topological polar surface area (TPSA) is 41.1 Å². The second-order valence-corrected chi connectivity index (χ2v) is 4.69. The molecule has 4 heteroatoms. The molecule has 2 aromatic rings. The third-order valence-corrected chi connectivity index (χ3v) is 3.19. The highest BCUT2D eigenvalue weighted by atomic mass is 19.1. The van der Waals surface area contributed by atoms with Crippen molar-refractivity contribution in [3.8, 4) is 0 Å². The zero-order chi connectivity index (χ0) is 14.5. The lowest BCUT2D eigenvalue weighted by molar-refractivity contribution is 0.251. The lowest BCUT2D eigenvalue weighted by atomic mass is 10.1. The van der Waals surface area contributed by atoms with Gasteiger partial charge in [-0.25, -0.2) is 9.18 Å². The molecule has 0 atom stereocenters. The number of aryl methyl sites for hydroxylation is 1. The van der Waals surface area contributed by atoms with Crippen molar-refractivity contribution in [1.82, 2.24) is 5.32 Å². The number of anilines is 1. The number of amides is 2. The van der Waals surface area contributed by atoms with Gasteiger partial charge in [0.15, 0.2) is 0 Å². The number of urea groups is 1. The van der Waals surface area contributed by atoms with Gasteiger partial charge in [0.05, 0.1) is 0 Å². The summed E-state index contributed by atoms with van der Waals surface area (Å²) in [6, 6.07) is 11.6. The fourth-order valence-electron chi connectivity index (χ4n) is 1.88. The Morgan fingerprint density at radius 1 is 1.15 bits per heavy atom. The van der Waals surface area contributed by atoms with Crippen molar-refractivity contribution < 1.29 is 9.18 Å². The Balaban J connectivity index is 1.94. The minimum Gasteiger partial charge on any atom is -0.334 e. The smallest absolute Gasteiger partial charge is 0.319 e. The molecular formula is C16H17FN2O. The summed E-state index contributed by atoms with van der Waals surface area (Å²) in [5.74, 6) is -0.306. The Kier molecular flexibility index (Phi) is 4.35. The monoisotopic (exact) mass is 272 g/mol. The summed E-state index contributed by atoms with van der Waals surface area (Å²) in [6.45, 7) is 4.23. The number of hydrogen-bond acceptors (Lipinski definition) is 1. The first kappa shape index (κ1) is 14.1. The highest BCUT2D eigenvalue weighted by molar-refractivity contribution is 5.90. The van der Waals surface area contributed by atoms with E-state index in [2.05, 4.69) is 10.6 Å². The fourth-order valence-corrected chi connectivity index (χ4v) is 1.88. The van der Waals surface area contributed by atoms with Crippen molar-refractivity contribution in [3.05, 3.63) is 65.0 Å². The molecule has 2 rings (SSSR count). The van der Waals surface area contributed by atoms with Crippen LogP contribution < -0.4 is 10.6 Å².